The molecule has 4 aromatic rings. The highest BCUT2D eigenvalue weighted by Gasteiger charge is 2.26. The molecule has 5 rings (SSSR count). The highest BCUT2D eigenvalue weighted by molar-refractivity contribution is 7.92. The summed E-state index contributed by atoms with van der Waals surface area (Å²) in [6, 6.07) is 19.1. The van der Waals surface area contributed by atoms with Gasteiger partial charge in [-0.25, -0.2) is 23.1 Å². The minimum absolute atomic E-state index is 0.0135. The van der Waals surface area contributed by atoms with Gasteiger partial charge in [-0.15, -0.1) is 10.2 Å². The fourth-order valence-electron chi connectivity index (χ4n) is 4.27. The van der Waals surface area contributed by atoms with Crippen LogP contribution >= 0.6 is 0 Å². The molecule has 200 valence electrons. The zero-order chi connectivity index (χ0) is 27.2. The molecule has 0 unspecified atom stereocenters. The van der Waals surface area contributed by atoms with Crippen LogP contribution < -0.4 is 19.7 Å². The van der Waals surface area contributed by atoms with Gasteiger partial charge in [-0.2, -0.15) is 0 Å². The molecule has 0 aliphatic carbocycles. The van der Waals surface area contributed by atoms with Crippen molar-refractivity contribution in [2.24, 2.45) is 5.92 Å². The summed E-state index contributed by atoms with van der Waals surface area (Å²) < 4.78 is 32.6. The highest BCUT2D eigenvalue weighted by Crippen LogP contribution is 2.26. The van der Waals surface area contributed by atoms with Gasteiger partial charge in [-0.1, -0.05) is 0 Å². The minimum Gasteiger partial charge on any atom is -0.497 e. The van der Waals surface area contributed by atoms with Crippen LogP contribution in [0.4, 0.5) is 17.5 Å². The zero-order valence-corrected chi connectivity index (χ0v) is 22.0. The van der Waals surface area contributed by atoms with Crippen molar-refractivity contribution in [3.8, 4) is 17.0 Å². The van der Waals surface area contributed by atoms with Crippen molar-refractivity contribution in [1.82, 2.24) is 20.2 Å². The van der Waals surface area contributed by atoms with Crippen molar-refractivity contribution in [2.75, 3.05) is 35.1 Å². The molecule has 0 bridgehead atoms. The van der Waals surface area contributed by atoms with Crippen molar-refractivity contribution < 1.29 is 17.9 Å². The molecule has 2 aromatic carbocycles. The van der Waals surface area contributed by atoms with Gasteiger partial charge in [-0.3, -0.25) is 4.79 Å². The zero-order valence-electron chi connectivity index (χ0n) is 21.2. The van der Waals surface area contributed by atoms with Crippen LogP contribution in [0.1, 0.15) is 12.8 Å². The number of hydrogen-bond donors (Lipinski definition) is 2. The average Bonchev–Trinajstić information content (AvgIpc) is 2.98. The van der Waals surface area contributed by atoms with E-state index in [-0.39, 0.29) is 22.7 Å². The number of benzene rings is 2. The van der Waals surface area contributed by atoms with Gasteiger partial charge in [0.2, 0.25) is 11.9 Å². The fourth-order valence-corrected chi connectivity index (χ4v) is 5.23. The van der Waals surface area contributed by atoms with Crippen molar-refractivity contribution in [3.05, 3.63) is 79.1 Å². The van der Waals surface area contributed by atoms with E-state index in [0.29, 0.717) is 31.6 Å². The summed E-state index contributed by atoms with van der Waals surface area (Å²) in [6.07, 6.45) is 4.23. The predicted octanol–water partition coefficient (Wildman–Crippen LogP) is 3.60. The third-order valence-corrected chi connectivity index (χ3v) is 7.79. The molecule has 0 spiro atoms. The Morgan fingerprint density at radius 1 is 0.923 bits per heavy atom. The SMILES string of the molecule is COc1ccc(-c2ccc(N3CCC(C(=O)Nc4ccc(S(=O)(=O)Nc5ncccn5)cc4)CC3)nn2)cc1. The smallest absolute Gasteiger partial charge is 0.264 e. The second-order valence-electron chi connectivity index (χ2n) is 8.96. The minimum atomic E-state index is -3.84. The van der Waals surface area contributed by atoms with Gasteiger partial charge in [0.05, 0.1) is 17.7 Å². The Balaban J connectivity index is 1.13. The quantitative estimate of drug-likeness (QED) is 0.340. The van der Waals surface area contributed by atoms with Crippen molar-refractivity contribution in [1.29, 1.82) is 0 Å². The maximum atomic E-state index is 12.9. The first-order chi connectivity index (χ1) is 18.9. The van der Waals surface area contributed by atoms with E-state index in [2.05, 4.69) is 35.1 Å². The van der Waals surface area contributed by atoms with Gasteiger partial charge in [0, 0.05) is 42.7 Å². The topological polar surface area (TPSA) is 139 Å². The third-order valence-electron chi connectivity index (χ3n) is 6.45. The van der Waals surface area contributed by atoms with Crippen molar-refractivity contribution in [2.45, 2.75) is 17.7 Å². The van der Waals surface area contributed by atoms with E-state index >= 15 is 0 Å². The largest absolute Gasteiger partial charge is 0.497 e. The molecule has 12 heteroatoms. The third kappa shape index (κ3) is 6.29. The number of rotatable bonds is 8. The lowest BCUT2D eigenvalue weighted by molar-refractivity contribution is -0.120. The Bertz CT molecular complexity index is 1510. The lowest BCUT2D eigenvalue weighted by Crippen LogP contribution is -2.38. The normalized spacial score (nSPS) is 14.0. The molecule has 3 heterocycles. The second kappa shape index (κ2) is 11.4. The van der Waals surface area contributed by atoms with Crippen LogP contribution in [0.2, 0.25) is 0 Å². The Morgan fingerprint density at radius 2 is 1.62 bits per heavy atom. The summed E-state index contributed by atoms with van der Waals surface area (Å²) in [5, 5.41) is 11.7. The van der Waals surface area contributed by atoms with E-state index in [1.807, 2.05) is 36.4 Å². The monoisotopic (exact) mass is 545 g/mol. The number of carbonyl (C=O) groups is 1. The number of amides is 1. The fraction of sp³-hybridized carbons (Fsp3) is 0.222. The van der Waals surface area contributed by atoms with Gasteiger partial charge < -0.3 is 15.0 Å². The number of aromatic nitrogens is 4. The number of nitrogens with zero attached hydrogens (tertiary/aromatic N) is 5. The van der Waals surface area contributed by atoms with Gasteiger partial charge >= 0.3 is 0 Å². The molecular formula is C27H27N7O4S. The maximum absolute atomic E-state index is 12.9. The first kappa shape index (κ1) is 26.0. The number of methoxy groups -OCH3 is 1. The summed E-state index contributed by atoms with van der Waals surface area (Å²) in [5.41, 5.74) is 2.26. The van der Waals surface area contributed by atoms with Gasteiger partial charge in [-0.05, 0) is 79.6 Å². The number of piperidine rings is 1. The number of ether oxygens (including phenoxy) is 1. The molecule has 39 heavy (non-hydrogen) atoms. The van der Waals surface area contributed by atoms with E-state index in [1.54, 1.807) is 25.3 Å². The summed E-state index contributed by atoms with van der Waals surface area (Å²) >= 11 is 0. The Kier molecular flexibility index (Phi) is 7.64. The van der Waals surface area contributed by atoms with Gasteiger partial charge in [0.1, 0.15) is 5.75 Å². The molecular weight excluding hydrogens is 518 g/mol. The molecule has 2 aromatic heterocycles. The second-order valence-corrected chi connectivity index (χ2v) is 10.6. The Labute approximate surface area is 226 Å². The summed E-state index contributed by atoms with van der Waals surface area (Å²) in [6.45, 7) is 1.36. The lowest BCUT2D eigenvalue weighted by Gasteiger charge is -2.31. The van der Waals surface area contributed by atoms with E-state index in [4.69, 9.17) is 4.74 Å². The van der Waals surface area contributed by atoms with Crippen LogP contribution in [-0.2, 0) is 14.8 Å². The van der Waals surface area contributed by atoms with Crippen LogP contribution in [0.15, 0.2) is 84.0 Å². The number of nitrogens with one attached hydrogen (secondary N) is 2. The van der Waals surface area contributed by atoms with Crippen LogP contribution in [0.3, 0.4) is 0 Å². The molecule has 1 fully saturated rings. The van der Waals surface area contributed by atoms with Gasteiger partial charge in [0.25, 0.3) is 10.0 Å². The van der Waals surface area contributed by atoms with Crippen LogP contribution in [0, 0.1) is 5.92 Å². The van der Waals surface area contributed by atoms with Crippen molar-refractivity contribution in [3.63, 3.8) is 0 Å². The standard InChI is InChI=1S/C27H27N7O4S/c1-38-22-7-3-19(4-8-22)24-11-12-25(32-31-24)34-17-13-20(14-18-34)26(35)30-21-5-9-23(10-6-21)39(36,37)33-27-28-15-2-16-29-27/h2-12,15-16,20H,13-14,17-18H2,1H3,(H,30,35)(H,28,29,33). The maximum Gasteiger partial charge on any atom is 0.264 e. The number of hydrogen-bond acceptors (Lipinski definition) is 9. The highest BCUT2D eigenvalue weighted by atomic mass is 32.2. The molecule has 0 saturated carbocycles. The van der Waals surface area contributed by atoms with E-state index < -0.39 is 10.0 Å². The molecule has 11 nitrogen and oxygen atoms in total. The van der Waals surface area contributed by atoms with Gasteiger partial charge in [0.15, 0.2) is 5.82 Å². The molecule has 0 radical (unpaired) electrons. The first-order valence-electron chi connectivity index (χ1n) is 12.4. The molecule has 1 aliphatic rings. The summed E-state index contributed by atoms with van der Waals surface area (Å²) in [4.78, 5) is 22.8. The first-order valence-corrected chi connectivity index (χ1v) is 13.8. The number of sulfonamides is 1. The average molecular weight is 546 g/mol. The lowest BCUT2D eigenvalue weighted by atomic mass is 9.96. The van der Waals surface area contributed by atoms with E-state index in [0.717, 1.165) is 22.8 Å². The van der Waals surface area contributed by atoms with E-state index in [1.165, 1.54) is 24.5 Å². The van der Waals surface area contributed by atoms with E-state index in [9.17, 15) is 13.2 Å². The number of carbonyl (C=O) groups excluding carboxylic acids is 1. The summed E-state index contributed by atoms with van der Waals surface area (Å²) in [7, 11) is -2.21. The van der Waals surface area contributed by atoms with Crippen LogP contribution in [0.25, 0.3) is 11.3 Å². The van der Waals surface area contributed by atoms with Crippen molar-refractivity contribution >= 4 is 33.4 Å². The molecule has 2 N–H and O–H groups in total. The molecule has 1 saturated heterocycles. The molecule has 0 atom stereocenters. The Morgan fingerprint density at radius 3 is 2.23 bits per heavy atom. The van der Waals surface area contributed by atoms with Crippen LogP contribution in [0.5, 0.6) is 5.75 Å². The molecule has 1 aliphatic heterocycles. The van der Waals surface area contributed by atoms with Crippen LogP contribution in [-0.4, -0.2) is 54.7 Å². The summed E-state index contributed by atoms with van der Waals surface area (Å²) in [5.74, 6) is 1.29. The number of anilines is 3. The molecule has 1 amide bonds. The predicted molar refractivity (Wildman–Crippen MR) is 147 cm³/mol. The Hall–Kier alpha value is -4.58.